The Morgan fingerprint density at radius 1 is 0.889 bits per heavy atom. The largest absolute Gasteiger partial charge is 0.330 e. The highest BCUT2D eigenvalue weighted by molar-refractivity contribution is 7.40. The Kier molecular flexibility index (Phi) is 5.82. The predicted octanol–water partition coefficient (Wildman–Crippen LogP) is 3.79. The van der Waals surface area contributed by atoms with Gasteiger partial charge in [0.2, 0.25) is 0 Å². The normalized spacial score (nSPS) is 19.0. The zero-order valence-electron chi connectivity index (χ0n) is 10.4. The molecule has 0 fully saturated rings. The summed E-state index contributed by atoms with van der Waals surface area (Å²) in [6.45, 7) is 0.848. The van der Waals surface area contributed by atoms with Crippen molar-refractivity contribution in [3.05, 3.63) is 47.6 Å². The second kappa shape index (κ2) is 7.65. The van der Waals surface area contributed by atoms with Crippen molar-refractivity contribution in [3.63, 3.8) is 0 Å². The van der Waals surface area contributed by atoms with Gasteiger partial charge in [-0.25, -0.2) is 0 Å². The molecule has 0 aromatic heterocycles. The Balaban J connectivity index is 1.64. The van der Waals surface area contributed by atoms with Crippen molar-refractivity contribution in [1.29, 1.82) is 0 Å². The second-order valence-electron chi connectivity index (χ2n) is 4.30. The van der Waals surface area contributed by atoms with E-state index in [1.165, 1.54) is 0 Å². The zero-order chi connectivity index (χ0) is 12.6. The van der Waals surface area contributed by atoms with E-state index in [0.29, 0.717) is 13.2 Å². The lowest BCUT2D eigenvalue weighted by molar-refractivity contribution is 0.227. The Bertz CT molecular complexity index is 347. The zero-order valence-corrected chi connectivity index (χ0v) is 11.3. The van der Waals surface area contributed by atoms with Gasteiger partial charge in [0.1, 0.15) is 0 Å². The fraction of sp³-hybridized carbons (Fsp3) is 0.429. The summed E-state index contributed by atoms with van der Waals surface area (Å²) < 4.78 is 10.6. The molecule has 0 aromatic carbocycles. The van der Waals surface area contributed by atoms with Gasteiger partial charge in [-0.05, 0) is 36.8 Å². The lowest BCUT2D eigenvalue weighted by atomic mass is 10.1. The van der Waals surface area contributed by atoms with Crippen LogP contribution in [-0.2, 0) is 9.05 Å². The van der Waals surface area contributed by atoms with Gasteiger partial charge >= 0.3 is 8.60 Å². The Morgan fingerprint density at radius 3 is 1.78 bits per heavy atom. The van der Waals surface area contributed by atoms with Gasteiger partial charge in [-0.3, -0.25) is 0 Å². The molecule has 0 saturated carbocycles. The SMILES string of the molecule is OP(OCC1=CCCC=C1)OCC1=CCCC=C1. The minimum atomic E-state index is -1.78. The third-order valence-electron chi connectivity index (χ3n) is 2.83. The average Bonchev–Trinajstić information content (AvgIpc) is 2.45. The summed E-state index contributed by atoms with van der Waals surface area (Å²) in [5.41, 5.74) is 2.23. The molecule has 0 heterocycles. The highest BCUT2D eigenvalue weighted by atomic mass is 31.2. The first-order chi connectivity index (χ1) is 8.84. The lowest BCUT2D eigenvalue weighted by Gasteiger charge is -2.13. The molecule has 3 nitrogen and oxygen atoms in total. The van der Waals surface area contributed by atoms with Crippen LogP contribution in [0.2, 0.25) is 0 Å². The molecule has 0 radical (unpaired) electrons. The van der Waals surface area contributed by atoms with E-state index in [4.69, 9.17) is 9.05 Å². The topological polar surface area (TPSA) is 38.7 Å². The maximum absolute atomic E-state index is 9.63. The van der Waals surface area contributed by atoms with Gasteiger partial charge in [-0.2, -0.15) is 0 Å². The van der Waals surface area contributed by atoms with Crippen LogP contribution in [0.4, 0.5) is 0 Å². The molecule has 0 bridgehead atoms. The molecule has 0 atom stereocenters. The van der Waals surface area contributed by atoms with Crippen LogP contribution in [-0.4, -0.2) is 18.1 Å². The second-order valence-corrected chi connectivity index (χ2v) is 5.29. The molecule has 18 heavy (non-hydrogen) atoms. The highest BCUT2D eigenvalue weighted by Gasteiger charge is 2.09. The fourth-order valence-electron chi connectivity index (χ4n) is 1.85. The standard InChI is InChI=1S/C14H19O3P/c15-18(16-11-13-7-3-1-4-8-13)17-12-14-9-5-2-6-10-14/h3,5,7-10,15H,1-2,4,6,11-12H2. The van der Waals surface area contributed by atoms with Crippen molar-refractivity contribution in [3.8, 4) is 0 Å². The van der Waals surface area contributed by atoms with Gasteiger partial charge < -0.3 is 13.9 Å². The van der Waals surface area contributed by atoms with Crippen LogP contribution in [0.1, 0.15) is 25.7 Å². The first kappa shape index (κ1) is 13.7. The smallest absolute Gasteiger partial charge is 0.328 e. The Labute approximate surface area is 109 Å². The molecule has 1 N–H and O–H groups in total. The first-order valence-electron chi connectivity index (χ1n) is 6.30. The van der Waals surface area contributed by atoms with Gasteiger partial charge in [0.05, 0.1) is 13.2 Å². The average molecular weight is 266 g/mol. The molecule has 98 valence electrons. The number of rotatable bonds is 6. The van der Waals surface area contributed by atoms with Crippen molar-refractivity contribution in [2.24, 2.45) is 0 Å². The summed E-state index contributed by atoms with van der Waals surface area (Å²) in [6, 6.07) is 0. The third kappa shape index (κ3) is 4.87. The van der Waals surface area contributed by atoms with Crippen molar-refractivity contribution in [2.75, 3.05) is 13.2 Å². The lowest BCUT2D eigenvalue weighted by Crippen LogP contribution is -1.99. The molecule has 0 unspecified atom stereocenters. The quantitative estimate of drug-likeness (QED) is 0.743. The monoisotopic (exact) mass is 266 g/mol. The van der Waals surface area contributed by atoms with E-state index in [9.17, 15) is 4.89 Å². The molecule has 2 rings (SSSR count). The Hall–Kier alpha value is -0.730. The van der Waals surface area contributed by atoms with Gasteiger partial charge in [0.25, 0.3) is 0 Å². The molecular weight excluding hydrogens is 247 g/mol. The molecule has 0 aromatic rings. The van der Waals surface area contributed by atoms with E-state index in [1.807, 2.05) is 12.2 Å². The van der Waals surface area contributed by atoms with E-state index in [1.54, 1.807) is 0 Å². The number of allylic oxidation sites excluding steroid dienone is 4. The predicted molar refractivity (Wildman–Crippen MR) is 74.0 cm³/mol. The summed E-state index contributed by atoms with van der Waals surface area (Å²) in [5, 5.41) is 0. The summed E-state index contributed by atoms with van der Waals surface area (Å²) >= 11 is 0. The van der Waals surface area contributed by atoms with E-state index in [-0.39, 0.29) is 0 Å². The van der Waals surface area contributed by atoms with E-state index < -0.39 is 8.60 Å². The van der Waals surface area contributed by atoms with Crippen LogP contribution in [0.25, 0.3) is 0 Å². The van der Waals surface area contributed by atoms with E-state index in [2.05, 4.69) is 24.3 Å². The van der Waals surface area contributed by atoms with Gasteiger partial charge in [-0.15, -0.1) is 0 Å². The summed E-state index contributed by atoms with van der Waals surface area (Å²) in [4.78, 5) is 9.63. The minimum Gasteiger partial charge on any atom is -0.328 e. The van der Waals surface area contributed by atoms with Crippen molar-refractivity contribution < 1.29 is 13.9 Å². The van der Waals surface area contributed by atoms with Crippen LogP contribution >= 0.6 is 8.60 Å². The molecular formula is C14H19O3P. The highest BCUT2D eigenvalue weighted by Crippen LogP contribution is 2.34. The first-order valence-corrected chi connectivity index (χ1v) is 7.43. The maximum atomic E-state index is 9.63. The minimum absolute atomic E-state index is 0.424. The van der Waals surface area contributed by atoms with Gasteiger partial charge in [0, 0.05) is 0 Å². The molecule has 0 spiro atoms. The molecule has 4 heteroatoms. The molecule has 2 aliphatic rings. The molecule has 0 amide bonds. The number of hydrogen-bond acceptors (Lipinski definition) is 3. The molecule has 0 saturated heterocycles. The molecule has 0 aliphatic heterocycles. The van der Waals surface area contributed by atoms with Crippen LogP contribution in [0, 0.1) is 0 Å². The van der Waals surface area contributed by atoms with Crippen molar-refractivity contribution in [1.82, 2.24) is 0 Å². The van der Waals surface area contributed by atoms with Crippen LogP contribution in [0.5, 0.6) is 0 Å². The van der Waals surface area contributed by atoms with Gasteiger partial charge in [0.15, 0.2) is 0 Å². The third-order valence-corrected chi connectivity index (χ3v) is 3.53. The van der Waals surface area contributed by atoms with E-state index >= 15 is 0 Å². The van der Waals surface area contributed by atoms with Crippen LogP contribution < -0.4 is 0 Å². The van der Waals surface area contributed by atoms with Crippen LogP contribution in [0.3, 0.4) is 0 Å². The summed E-state index contributed by atoms with van der Waals surface area (Å²) in [7, 11) is -1.78. The van der Waals surface area contributed by atoms with Crippen LogP contribution in [0.15, 0.2) is 47.6 Å². The maximum Gasteiger partial charge on any atom is 0.330 e. The van der Waals surface area contributed by atoms with E-state index in [0.717, 1.165) is 36.8 Å². The molecule has 2 aliphatic carbocycles. The van der Waals surface area contributed by atoms with Crippen molar-refractivity contribution in [2.45, 2.75) is 25.7 Å². The van der Waals surface area contributed by atoms with Gasteiger partial charge in [-0.1, -0.05) is 36.5 Å². The fourth-order valence-corrected chi connectivity index (χ4v) is 2.44. The number of hydrogen-bond donors (Lipinski definition) is 1. The summed E-state index contributed by atoms with van der Waals surface area (Å²) in [5.74, 6) is 0. The van der Waals surface area contributed by atoms with Crippen molar-refractivity contribution >= 4 is 8.60 Å². The summed E-state index contributed by atoms with van der Waals surface area (Å²) in [6.07, 6.45) is 16.9. The Morgan fingerprint density at radius 2 is 1.39 bits per heavy atom.